The lowest BCUT2D eigenvalue weighted by molar-refractivity contribution is 0.0947. The number of amides is 1. The van der Waals surface area contributed by atoms with E-state index in [4.69, 9.17) is 21.1 Å². The Hall–Kier alpha value is -4.11. The number of ether oxygens (including phenoxy) is 2. The van der Waals surface area contributed by atoms with Gasteiger partial charge in [-0.05, 0) is 35.9 Å². The molecule has 3 N–H and O–H groups in total. The van der Waals surface area contributed by atoms with E-state index < -0.39 is 0 Å². The van der Waals surface area contributed by atoms with Gasteiger partial charge >= 0.3 is 6.01 Å². The normalized spacial score (nSPS) is 12.6. The number of methoxy groups -OCH3 is 1. The van der Waals surface area contributed by atoms with E-state index in [1.54, 1.807) is 36.5 Å². The van der Waals surface area contributed by atoms with Crippen molar-refractivity contribution < 1.29 is 18.7 Å². The molecule has 10 heteroatoms. The van der Waals surface area contributed by atoms with Crippen LogP contribution in [0.15, 0.2) is 54.7 Å². The topological polar surface area (TPSA) is 101 Å². The minimum atomic E-state index is -0.317. The van der Waals surface area contributed by atoms with E-state index in [-0.39, 0.29) is 24.3 Å². The van der Waals surface area contributed by atoms with Crippen LogP contribution >= 0.6 is 11.6 Å². The molecule has 35 heavy (non-hydrogen) atoms. The number of hydrogen-bond donors (Lipinski definition) is 3. The van der Waals surface area contributed by atoms with Gasteiger partial charge in [0.2, 0.25) is 0 Å². The summed E-state index contributed by atoms with van der Waals surface area (Å²) < 4.78 is 24.4. The van der Waals surface area contributed by atoms with Gasteiger partial charge in [0.05, 0.1) is 40.5 Å². The van der Waals surface area contributed by atoms with Gasteiger partial charge in [-0.2, -0.15) is 4.98 Å². The van der Waals surface area contributed by atoms with Gasteiger partial charge in [0.15, 0.2) is 5.75 Å². The van der Waals surface area contributed by atoms with Crippen molar-refractivity contribution in [2.24, 2.45) is 0 Å². The molecule has 0 radical (unpaired) electrons. The number of nitrogens with one attached hydrogen (secondary N) is 3. The number of halogens is 2. The summed E-state index contributed by atoms with van der Waals surface area (Å²) in [5.74, 6) is -0.0560. The van der Waals surface area contributed by atoms with Crippen LogP contribution in [0.3, 0.4) is 0 Å². The van der Waals surface area contributed by atoms with E-state index in [2.05, 4.69) is 25.6 Å². The summed E-state index contributed by atoms with van der Waals surface area (Å²) in [7, 11) is 1.53. The van der Waals surface area contributed by atoms with E-state index in [1.807, 2.05) is 6.07 Å². The Morgan fingerprint density at radius 2 is 2.00 bits per heavy atom. The number of benzene rings is 2. The second-order valence-corrected chi connectivity index (χ2v) is 8.23. The quantitative estimate of drug-likeness (QED) is 0.339. The van der Waals surface area contributed by atoms with Gasteiger partial charge in [-0.3, -0.25) is 4.79 Å². The van der Waals surface area contributed by atoms with Crippen molar-refractivity contribution in [3.63, 3.8) is 0 Å². The molecule has 1 amide bonds. The van der Waals surface area contributed by atoms with Gasteiger partial charge < -0.3 is 25.1 Å². The maximum absolute atomic E-state index is 13.2. The molecule has 0 fully saturated rings. The molecule has 4 aromatic rings. The first kappa shape index (κ1) is 22.7. The number of aromatic amines is 1. The highest BCUT2D eigenvalue weighted by atomic mass is 35.5. The predicted octanol–water partition coefficient (Wildman–Crippen LogP) is 4.88. The summed E-state index contributed by atoms with van der Waals surface area (Å²) in [4.78, 5) is 24.9. The summed E-state index contributed by atoms with van der Waals surface area (Å²) in [6.07, 6.45) is 2.22. The van der Waals surface area contributed by atoms with E-state index >= 15 is 0 Å². The lowest BCUT2D eigenvalue weighted by Gasteiger charge is -2.17. The molecule has 0 saturated carbocycles. The largest absolute Gasteiger partial charge is 0.493 e. The van der Waals surface area contributed by atoms with Crippen LogP contribution in [-0.4, -0.2) is 34.5 Å². The van der Waals surface area contributed by atoms with E-state index in [1.165, 1.54) is 19.2 Å². The molecule has 2 aromatic carbocycles. The Labute approximate surface area is 205 Å². The molecule has 0 atom stereocenters. The van der Waals surface area contributed by atoms with E-state index in [0.29, 0.717) is 52.1 Å². The van der Waals surface area contributed by atoms with Gasteiger partial charge in [-0.25, -0.2) is 9.37 Å². The Balaban J connectivity index is 1.51. The van der Waals surface area contributed by atoms with Crippen molar-refractivity contribution in [2.75, 3.05) is 19.0 Å². The first-order valence-corrected chi connectivity index (χ1v) is 11.2. The molecule has 178 valence electrons. The third-order valence-corrected chi connectivity index (χ3v) is 5.86. The Morgan fingerprint density at radius 1 is 1.17 bits per heavy atom. The highest BCUT2D eigenvalue weighted by Gasteiger charge is 2.28. The molecular weight excluding hydrogens is 473 g/mol. The van der Waals surface area contributed by atoms with Crippen molar-refractivity contribution in [1.29, 1.82) is 0 Å². The molecule has 3 heterocycles. The van der Waals surface area contributed by atoms with Crippen molar-refractivity contribution >= 4 is 28.9 Å². The number of carbonyl (C=O) groups excluding carboxylic acids is 1. The molecule has 0 unspecified atom stereocenters. The number of nitrogens with zero attached hydrogens (tertiary/aromatic N) is 2. The minimum absolute atomic E-state index is 0.148. The fourth-order valence-corrected chi connectivity index (χ4v) is 4.18. The molecule has 0 saturated heterocycles. The average molecular weight is 494 g/mol. The minimum Gasteiger partial charge on any atom is -0.493 e. The Morgan fingerprint density at radius 3 is 2.80 bits per heavy atom. The predicted molar refractivity (Wildman–Crippen MR) is 130 cm³/mol. The van der Waals surface area contributed by atoms with Gasteiger partial charge in [-0.15, -0.1) is 0 Å². The highest BCUT2D eigenvalue weighted by Crippen LogP contribution is 2.40. The summed E-state index contributed by atoms with van der Waals surface area (Å²) >= 11 is 6.30. The van der Waals surface area contributed by atoms with Crippen molar-refractivity contribution in [2.45, 2.75) is 13.0 Å². The number of rotatable bonds is 7. The molecule has 1 aliphatic rings. The van der Waals surface area contributed by atoms with Crippen molar-refractivity contribution in [3.8, 4) is 23.1 Å². The van der Waals surface area contributed by atoms with E-state index in [9.17, 15) is 9.18 Å². The zero-order chi connectivity index (χ0) is 24.4. The number of para-hydroxylation sites is 1. The number of H-pyrrole nitrogens is 1. The van der Waals surface area contributed by atoms with Crippen LogP contribution in [0.25, 0.3) is 11.4 Å². The number of fused-ring (bicyclic) bond motifs is 1. The van der Waals surface area contributed by atoms with Crippen LogP contribution in [0.4, 0.5) is 15.8 Å². The average Bonchev–Trinajstić information content (AvgIpc) is 3.24. The van der Waals surface area contributed by atoms with Crippen LogP contribution in [0.5, 0.6) is 11.8 Å². The third kappa shape index (κ3) is 4.63. The van der Waals surface area contributed by atoms with Gasteiger partial charge in [0, 0.05) is 24.9 Å². The van der Waals surface area contributed by atoms with Crippen LogP contribution in [0.2, 0.25) is 5.02 Å². The number of carbonyl (C=O) groups is 1. The maximum atomic E-state index is 13.2. The first-order chi connectivity index (χ1) is 17.0. The fourth-order valence-electron chi connectivity index (χ4n) is 3.92. The number of hydrogen-bond acceptors (Lipinski definition) is 6. The zero-order valence-electron chi connectivity index (χ0n) is 18.7. The molecule has 2 aromatic heterocycles. The summed E-state index contributed by atoms with van der Waals surface area (Å²) in [6, 6.07) is 13.2. The molecule has 5 rings (SSSR count). The number of anilines is 2. The van der Waals surface area contributed by atoms with Crippen molar-refractivity contribution in [3.05, 3.63) is 82.4 Å². The summed E-state index contributed by atoms with van der Waals surface area (Å²) in [5.41, 5.74) is 4.34. The fraction of sp³-hybridized carbons (Fsp3) is 0.160. The van der Waals surface area contributed by atoms with E-state index in [0.717, 1.165) is 11.3 Å². The lowest BCUT2D eigenvalue weighted by atomic mass is 10.1. The van der Waals surface area contributed by atoms with Gasteiger partial charge in [0.25, 0.3) is 5.91 Å². The van der Waals surface area contributed by atoms with Crippen LogP contribution in [0.1, 0.15) is 21.6 Å². The molecule has 0 bridgehead atoms. The zero-order valence-corrected chi connectivity index (χ0v) is 19.4. The molecular formula is C25H21ClFN5O3. The van der Waals surface area contributed by atoms with Crippen LogP contribution in [0, 0.1) is 5.82 Å². The standard InChI is InChI=1S/C25H21ClFN5O3/c1-34-23-16(26)3-2-4-19(23)31-22-20-17(9-11-28-24(20)33)30-21(22)18-10-12-29-25(32-18)35-13-14-5-7-15(27)8-6-14/h2-8,10,12,30-31H,9,11,13H2,1H3,(H,28,33). The van der Waals surface area contributed by atoms with Crippen molar-refractivity contribution in [1.82, 2.24) is 20.3 Å². The monoisotopic (exact) mass is 493 g/mol. The second-order valence-electron chi connectivity index (χ2n) is 7.82. The second kappa shape index (κ2) is 9.63. The molecule has 0 aliphatic carbocycles. The maximum Gasteiger partial charge on any atom is 0.317 e. The van der Waals surface area contributed by atoms with Gasteiger partial charge in [-0.1, -0.05) is 29.8 Å². The van der Waals surface area contributed by atoms with Gasteiger partial charge in [0.1, 0.15) is 12.4 Å². The molecule has 8 nitrogen and oxygen atoms in total. The third-order valence-electron chi connectivity index (χ3n) is 5.57. The Bertz CT molecular complexity index is 1390. The van der Waals surface area contributed by atoms with Crippen LogP contribution in [-0.2, 0) is 13.0 Å². The smallest absolute Gasteiger partial charge is 0.317 e. The highest BCUT2D eigenvalue weighted by molar-refractivity contribution is 6.32. The summed E-state index contributed by atoms with van der Waals surface area (Å²) in [5, 5.41) is 6.63. The molecule has 0 spiro atoms. The Kier molecular flexibility index (Phi) is 6.24. The van der Waals surface area contributed by atoms with Crippen LogP contribution < -0.4 is 20.1 Å². The SMILES string of the molecule is COc1c(Cl)cccc1Nc1c(-c2ccnc(OCc3ccc(F)cc3)n2)[nH]c2c1C(=O)NCC2. The number of aromatic nitrogens is 3. The lowest BCUT2D eigenvalue weighted by Crippen LogP contribution is -2.31. The first-order valence-electron chi connectivity index (χ1n) is 10.9. The summed E-state index contributed by atoms with van der Waals surface area (Å²) in [6.45, 7) is 0.708. The molecule has 1 aliphatic heterocycles.